The van der Waals surface area contributed by atoms with Crippen molar-refractivity contribution < 1.29 is 13.2 Å². The van der Waals surface area contributed by atoms with E-state index < -0.39 is 9.84 Å². The number of Topliss-reactive ketones (excluding diaryl/α,β-unsaturated/α-hetero) is 1. The highest BCUT2D eigenvalue weighted by Crippen LogP contribution is 2.30. The smallest absolute Gasteiger partial charge is 0.210 e. The second-order valence-electron chi connectivity index (χ2n) is 7.97. The maximum Gasteiger partial charge on any atom is 0.210 e. The molecule has 3 heterocycles. The van der Waals surface area contributed by atoms with Crippen LogP contribution in [0.1, 0.15) is 55.0 Å². The Labute approximate surface area is 163 Å². The number of aryl methyl sites for hydroxylation is 1. The summed E-state index contributed by atoms with van der Waals surface area (Å²) < 4.78 is 27.3. The lowest BCUT2D eigenvalue weighted by molar-refractivity contribution is 0.102. The third-order valence-electron chi connectivity index (χ3n) is 4.77. The van der Waals surface area contributed by atoms with E-state index in [1.165, 1.54) is 11.8 Å². The topological polar surface area (TPSA) is 99.7 Å². The Morgan fingerprint density at radius 1 is 1.33 bits per heavy atom. The van der Waals surface area contributed by atoms with Crippen LogP contribution in [-0.4, -0.2) is 56.2 Å². The van der Waals surface area contributed by atoms with Crippen LogP contribution < -0.4 is 0 Å². The van der Waals surface area contributed by atoms with Crippen molar-refractivity contribution >= 4 is 27.4 Å². The van der Waals surface area contributed by atoms with Gasteiger partial charge in [0.15, 0.2) is 15.6 Å². The predicted molar refractivity (Wildman–Crippen MR) is 104 cm³/mol. The van der Waals surface area contributed by atoms with Gasteiger partial charge in [0.1, 0.15) is 0 Å². The van der Waals surface area contributed by atoms with Gasteiger partial charge in [0.25, 0.3) is 0 Å². The third kappa shape index (κ3) is 4.11. The lowest BCUT2D eigenvalue weighted by atomic mass is 10.1. The molecule has 0 aliphatic carbocycles. The molecule has 1 aliphatic rings. The highest BCUT2D eigenvalue weighted by molar-refractivity contribution is 7.99. The Kier molecular flexibility index (Phi) is 5.24. The van der Waals surface area contributed by atoms with Gasteiger partial charge in [-0.3, -0.25) is 4.79 Å². The van der Waals surface area contributed by atoms with Gasteiger partial charge in [-0.25, -0.2) is 13.1 Å². The SMILES string of the molecule is Cc1cc(C(=O)CSc2nnnn2C(C)(C)C)c(C)n1C1CCS(=O)(=O)C1. The molecule has 1 unspecified atom stereocenters. The van der Waals surface area contributed by atoms with Crippen LogP contribution in [0.4, 0.5) is 0 Å². The number of hydrogen-bond donors (Lipinski definition) is 0. The highest BCUT2D eigenvalue weighted by atomic mass is 32.2. The molecule has 1 fully saturated rings. The van der Waals surface area contributed by atoms with Crippen LogP contribution >= 0.6 is 11.8 Å². The monoisotopic (exact) mass is 411 g/mol. The highest BCUT2D eigenvalue weighted by Gasteiger charge is 2.31. The summed E-state index contributed by atoms with van der Waals surface area (Å²) in [5.74, 6) is 0.572. The maximum absolute atomic E-state index is 12.8. The van der Waals surface area contributed by atoms with Crippen molar-refractivity contribution in [2.45, 2.75) is 57.8 Å². The molecule has 0 saturated carbocycles. The zero-order valence-electron chi connectivity index (χ0n) is 16.3. The fraction of sp³-hybridized carbons (Fsp3) is 0.647. The third-order valence-corrected chi connectivity index (χ3v) is 7.44. The van der Waals surface area contributed by atoms with Crippen molar-refractivity contribution in [2.75, 3.05) is 17.3 Å². The van der Waals surface area contributed by atoms with Crippen LogP contribution in [0.5, 0.6) is 0 Å². The Balaban J connectivity index is 1.77. The van der Waals surface area contributed by atoms with Gasteiger partial charge in [-0.2, -0.15) is 0 Å². The van der Waals surface area contributed by atoms with E-state index in [2.05, 4.69) is 15.5 Å². The summed E-state index contributed by atoms with van der Waals surface area (Å²) >= 11 is 1.31. The van der Waals surface area contributed by atoms with Crippen molar-refractivity contribution in [3.63, 3.8) is 0 Å². The summed E-state index contributed by atoms with van der Waals surface area (Å²) in [5, 5.41) is 12.3. The Morgan fingerprint density at radius 3 is 2.63 bits per heavy atom. The van der Waals surface area contributed by atoms with Crippen LogP contribution in [0, 0.1) is 13.8 Å². The molecule has 10 heteroatoms. The molecule has 1 saturated heterocycles. The van der Waals surface area contributed by atoms with Crippen molar-refractivity contribution in [1.82, 2.24) is 24.8 Å². The molecule has 0 spiro atoms. The van der Waals surface area contributed by atoms with Crippen LogP contribution in [0.15, 0.2) is 11.2 Å². The minimum Gasteiger partial charge on any atom is -0.344 e. The Bertz CT molecular complexity index is 969. The van der Waals surface area contributed by atoms with Crippen molar-refractivity contribution in [3.8, 4) is 0 Å². The van der Waals surface area contributed by atoms with Gasteiger partial charge < -0.3 is 4.57 Å². The van der Waals surface area contributed by atoms with Gasteiger partial charge in [0.05, 0.1) is 22.8 Å². The minimum absolute atomic E-state index is 0.0105. The number of aromatic nitrogens is 5. The lowest BCUT2D eigenvalue weighted by Crippen LogP contribution is -2.24. The summed E-state index contributed by atoms with van der Waals surface area (Å²) in [4.78, 5) is 12.8. The molecule has 27 heavy (non-hydrogen) atoms. The molecule has 2 aromatic rings. The van der Waals surface area contributed by atoms with Crippen LogP contribution in [0.3, 0.4) is 0 Å². The van der Waals surface area contributed by atoms with E-state index in [9.17, 15) is 13.2 Å². The van der Waals surface area contributed by atoms with E-state index in [1.807, 2.05) is 45.3 Å². The molecule has 0 amide bonds. The molecule has 3 rings (SSSR count). The van der Waals surface area contributed by atoms with Crippen molar-refractivity contribution in [1.29, 1.82) is 0 Å². The molecule has 0 aromatic carbocycles. The zero-order chi connectivity index (χ0) is 20.0. The molecular weight excluding hydrogens is 386 g/mol. The van der Waals surface area contributed by atoms with E-state index in [4.69, 9.17) is 0 Å². The molecule has 2 aromatic heterocycles. The number of thioether (sulfide) groups is 1. The molecule has 148 valence electrons. The summed E-state index contributed by atoms with van der Waals surface area (Å²) in [7, 11) is -2.98. The fourth-order valence-corrected chi connectivity index (χ4v) is 6.14. The molecule has 1 aliphatic heterocycles. The number of ketones is 1. The average Bonchev–Trinajstić information content (AvgIpc) is 3.22. The van der Waals surface area contributed by atoms with E-state index in [0.717, 1.165) is 11.4 Å². The summed E-state index contributed by atoms with van der Waals surface area (Å²) in [6, 6.07) is 1.77. The molecule has 0 bridgehead atoms. The first kappa shape index (κ1) is 20.1. The second kappa shape index (κ2) is 7.05. The molecular formula is C17H25N5O3S2. The molecule has 1 atom stereocenters. The Morgan fingerprint density at radius 2 is 2.04 bits per heavy atom. The van der Waals surface area contributed by atoms with Crippen molar-refractivity contribution in [2.24, 2.45) is 0 Å². The second-order valence-corrected chi connectivity index (χ2v) is 11.1. The van der Waals surface area contributed by atoms with Gasteiger partial charge in [0.2, 0.25) is 5.16 Å². The van der Waals surface area contributed by atoms with Crippen LogP contribution in [0.2, 0.25) is 0 Å². The number of rotatable bonds is 5. The van der Waals surface area contributed by atoms with Gasteiger partial charge >= 0.3 is 0 Å². The first-order chi connectivity index (χ1) is 12.5. The van der Waals surface area contributed by atoms with Gasteiger partial charge in [-0.05, 0) is 57.5 Å². The number of hydrogen-bond acceptors (Lipinski definition) is 7. The number of sulfone groups is 1. The first-order valence-electron chi connectivity index (χ1n) is 8.83. The lowest BCUT2D eigenvalue weighted by Gasteiger charge is -2.19. The number of tetrazole rings is 1. The zero-order valence-corrected chi connectivity index (χ0v) is 17.9. The van der Waals surface area contributed by atoms with E-state index in [1.54, 1.807) is 4.68 Å². The van der Waals surface area contributed by atoms with E-state index in [0.29, 0.717) is 17.1 Å². The van der Waals surface area contributed by atoms with Crippen LogP contribution in [-0.2, 0) is 15.4 Å². The Hall–Kier alpha value is -1.68. The predicted octanol–water partition coefficient (Wildman–Crippen LogP) is 2.18. The van der Waals surface area contributed by atoms with Crippen LogP contribution in [0.25, 0.3) is 0 Å². The summed E-state index contributed by atoms with van der Waals surface area (Å²) in [6.07, 6.45) is 0.599. The van der Waals surface area contributed by atoms with Gasteiger partial charge in [0, 0.05) is 23.0 Å². The maximum atomic E-state index is 12.8. The van der Waals surface area contributed by atoms with Crippen molar-refractivity contribution in [3.05, 3.63) is 23.0 Å². The number of nitrogens with zero attached hydrogens (tertiary/aromatic N) is 5. The average molecular weight is 412 g/mol. The normalized spacial score (nSPS) is 19.5. The fourth-order valence-electron chi connectivity index (χ4n) is 3.50. The number of carbonyl (C=O) groups excluding carboxylic acids is 1. The molecule has 0 radical (unpaired) electrons. The first-order valence-corrected chi connectivity index (χ1v) is 11.6. The van der Waals surface area contributed by atoms with E-state index in [-0.39, 0.29) is 34.6 Å². The molecule has 8 nitrogen and oxygen atoms in total. The quantitative estimate of drug-likeness (QED) is 0.549. The van der Waals surface area contributed by atoms with E-state index >= 15 is 0 Å². The summed E-state index contributed by atoms with van der Waals surface area (Å²) in [5.41, 5.74) is 2.12. The summed E-state index contributed by atoms with van der Waals surface area (Å²) in [6.45, 7) is 9.80. The molecule has 0 N–H and O–H groups in total. The standard InChI is InChI=1S/C17H25N5O3S2/c1-11-8-14(12(2)21(11)13-6-7-27(24,25)10-13)15(23)9-26-16-18-19-20-22(16)17(3,4)5/h8,13H,6-7,9-10H2,1-5H3. The number of carbonyl (C=O) groups is 1. The van der Waals surface area contributed by atoms with Gasteiger partial charge in [-0.1, -0.05) is 11.8 Å². The minimum atomic E-state index is -2.98. The largest absolute Gasteiger partial charge is 0.344 e. The van der Waals surface area contributed by atoms with Gasteiger partial charge in [-0.15, -0.1) is 5.10 Å².